The number of aryl methyl sites for hydroxylation is 2. The van der Waals surface area contributed by atoms with Crippen molar-refractivity contribution in [2.45, 2.75) is 39.3 Å². The fourth-order valence-electron chi connectivity index (χ4n) is 4.85. The molecule has 0 saturated carbocycles. The van der Waals surface area contributed by atoms with Crippen molar-refractivity contribution in [2.24, 2.45) is 5.92 Å². The van der Waals surface area contributed by atoms with E-state index in [1.807, 2.05) is 49.4 Å². The van der Waals surface area contributed by atoms with Gasteiger partial charge in [-0.15, -0.1) is 0 Å². The number of carbonyl (C=O) groups is 1. The van der Waals surface area contributed by atoms with E-state index < -0.39 is 0 Å². The average molecular weight is 481 g/mol. The predicted molar refractivity (Wildman–Crippen MR) is 140 cm³/mol. The molecule has 4 aromatic rings. The number of rotatable bonds is 7. The van der Waals surface area contributed by atoms with Crippen LogP contribution in [0.1, 0.15) is 47.0 Å². The molecule has 6 heteroatoms. The van der Waals surface area contributed by atoms with E-state index >= 15 is 0 Å². The Balaban J connectivity index is 1.26. The number of carbonyl (C=O) groups excluding carboxylic acids is 1. The molecule has 3 aromatic carbocycles. The number of amides is 1. The quantitative estimate of drug-likeness (QED) is 0.380. The Morgan fingerprint density at radius 2 is 1.78 bits per heavy atom. The number of likely N-dealkylation sites (tertiary alicyclic amines) is 1. The first kappa shape index (κ1) is 23.9. The van der Waals surface area contributed by atoms with E-state index in [2.05, 4.69) is 63.7 Å². The molecule has 36 heavy (non-hydrogen) atoms. The Morgan fingerprint density at radius 3 is 2.56 bits per heavy atom. The van der Waals surface area contributed by atoms with Crippen molar-refractivity contribution >= 4 is 5.91 Å². The third-order valence-electron chi connectivity index (χ3n) is 6.81. The van der Waals surface area contributed by atoms with Gasteiger partial charge in [0, 0.05) is 12.1 Å². The minimum atomic E-state index is -0.178. The van der Waals surface area contributed by atoms with Crippen LogP contribution in [0.4, 0.5) is 0 Å². The summed E-state index contributed by atoms with van der Waals surface area (Å²) in [7, 11) is 0. The first-order valence-corrected chi connectivity index (χ1v) is 12.6. The van der Waals surface area contributed by atoms with Crippen molar-refractivity contribution in [2.75, 3.05) is 13.1 Å². The van der Waals surface area contributed by atoms with E-state index in [4.69, 9.17) is 4.52 Å². The van der Waals surface area contributed by atoms with Crippen LogP contribution in [0.15, 0.2) is 83.4 Å². The van der Waals surface area contributed by atoms with Gasteiger partial charge in [0.15, 0.2) is 0 Å². The SMILES string of the molecule is Cc1ccc(C(NC(=O)C2CCCN(Cc3nc(-c4cccc(C)c4)no3)C2)c2ccccc2)cc1. The van der Waals surface area contributed by atoms with Gasteiger partial charge in [0.1, 0.15) is 0 Å². The van der Waals surface area contributed by atoms with Crippen LogP contribution in [0.25, 0.3) is 11.4 Å². The van der Waals surface area contributed by atoms with Gasteiger partial charge in [0.25, 0.3) is 0 Å². The van der Waals surface area contributed by atoms with Gasteiger partial charge in [-0.3, -0.25) is 9.69 Å². The Labute approximate surface area is 212 Å². The molecule has 0 spiro atoms. The van der Waals surface area contributed by atoms with E-state index in [0.29, 0.717) is 24.8 Å². The van der Waals surface area contributed by atoms with Crippen LogP contribution in [0.3, 0.4) is 0 Å². The van der Waals surface area contributed by atoms with Crippen LogP contribution >= 0.6 is 0 Å². The number of aromatic nitrogens is 2. The monoisotopic (exact) mass is 480 g/mol. The summed E-state index contributed by atoms with van der Waals surface area (Å²) in [6.45, 7) is 6.24. The van der Waals surface area contributed by atoms with Crippen molar-refractivity contribution in [3.8, 4) is 11.4 Å². The second-order valence-electron chi connectivity index (χ2n) is 9.72. The molecule has 2 atom stereocenters. The van der Waals surface area contributed by atoms with Gasteiger partial charge in [-0.05, 0) is 50.4 Å². The zero-order chi connectivity index (χ0) is 24.9. The van der Waals surface area contributed by atoms with Crippen molar-refractivity contribution in [1.29, 1.82) is 0 Å². The molecular formula is C30H32N4O2. The van der Waals surface area contributed by atoms with Gasteiger partial charge in [-0.25, -0.2) is 0 Å². The first-order chi connectivity index (χ1) is 17.5. The summed E-state index contributed by atoms with van der Waals surface area (Å²) >= 11 is 0. The second-order valence-corrected chi connectivity index (χ2v) is 9.72. The van der Waals surface area contributed by atoms with E-state index in [9.17, 15) is 4.79 Å². The Kier molecular flexibility index (Phi) is 7.23. The maximum absolute atomic E-state index is 13.5. The van der Waals surface area contributed by atoms with Gasteiger partial charge in [0.2, 0.25) is 17.6 Å². The average Bonchev–Trinajstić information content (AvgIpc) is 3.37. The normalized spacial score (nSPS) is 17.0. The van der Waals surface area contributed by atoms with Crippen LogP contribution in [-0.4, -0.2) is 34.0 Å². The number of piperidine rings is 1. The maximum atomic E-state index is 13.5. The predicted octanol–water partition coefficient (Wildman–Crippen LogP) is 5.47. The Bertz CT molecular complexity index is 1300. The summed E-state index contributed by atoms with van der Waals surface area (Å²) in [5.74, 6) is 1.17. The highest BCUT2D eigenvalue weighted by Crippen LogP contribution is 2.25. The minimum absolute atomic E-state index is 0.0834. The molecule has 0 bridgehead atoms. The highest BCUT2D eigenvalue weighted by atomic mass is 16.5. The molecule has 0 radical (unpaired) electrons. The van der Waals surface area contributed by atoms with Crippen LogP contribution in [0.5, 0.6) is 0 Å². The Morgan fingerprint density at radius 1 is 1.00 bits per heavy atom. The molecule has 1 aliphatic heterocycles. The molecule has 1 saturated heterocycles. The molecule has 6 nitrogen and oxygen atoms in total. The summed E-state index contributed by atoms with van der Waals surface area (Å²) in [5.41, 5.74) is 5.47. The van der Waals surface area contributed by atoms with Crippen LogP contribution in [-0.2, 0) is 11.3 Å². The first-order valence-electron chi connectivity index (χ1n) is 12.6. The van der Waals surface area contributed by atoms with Gasteiger partial charge in [-0.2, -0.15) is 4.98 Å². The molecule has 0 aliphatic carbocycles. The van der Waals surface area contributed by atoms with Crippen molar-refractivity contribution in [3.63, 3.8) is 0 Å². The zero-order valence-electron chi connectivity index (χ0n) is 20.9. The fourth-order valence-corrected chi connectivity index (χ4v) is 4.85. The van der Waals surface area contributed by atoms with Crippen molar-refractivity contribution in [3.05, 3.63) is 107 Å². The molecule has 1 fully saturated rings. The standard InChI is InChI=1S/C30H32N4O2/c1-21-13-15-24(16-14-21)28(23-9-4-3-5-10-23)32-30(35)26-12-7-17-34(19-26)20-27-31-29(33-36-27)25-11-6-8-22(2)18-25/h3-6,8-11,13-16,18,26,28H,7,12,17,19-20H2,1-2H3,(H,32,35). The van der Waals surface area contributed by atoms with Crippen molar-refractivity contribution in [1.82, 2.24) is 20.4 Å². The molecule has 1 N–H and O–H groups in total. The number of hydrogen-bond donors (Lipinski definition) is 1. The third kappa shape index (κ3) is 5.71. The van der Waals surface area contributed by atoms with Gasteiger partial charge in [-0.1, -0.05) is 89.1 Å². The lowest BCUT2D eigenvalue weighted by atomic mass is 9.94. The summed E-state index contributed by atoms with van der Waals surface area (Å²) in [4.78, 5) is 20.3. The topological polar surface area (TPSA) is 71.3 Å². The molecule has 1 amide bonds. The number of benzene rings is 3. The van der Waals surface area contributed by atoms with Crippen molar-refractivity contribution < 1.29 is 9.32 Å². The number of hydrogen-bond acceptors (Lipinski definition) is 5. The number of nitrogens with zero attached hydrogens (tertiary/aromatic N) is 3. The molecule has 5 rings (SSSR count). The molecule has 1 aliphatic rings. The van der Waals surface area contributed by atoms with Crippen LogP contribution in [0, 0.1) is 19.8 Å². The smallest absolute Gasteiger partial charge is 0.241 e. The maximum Gasteiger partial charge on any atom is 0.241 e. The lowest BCUT2D eigenvalue weighted by molar-refractivity contribution is -0.127. The lowest BCUT2D eigenvalue weighted by Gasteiger charge is -2.32. The van der Waals surface area contributed by atoms with E-state index in [1.165, 1.54) is 5.56 Å². The molecule has 2 heterocycles. The van der Waals surface area contributed by atoms with E-state index in [1.54, 1.807) is 0 Å². The summed E-state index contributed by atoms with van der Waals surface area (Å²) in [6, 6.07) is 26.4. The molecule has 1 aromatic heterocycles. The highest BCUT2D eigenvalue weighted by Gasteiger charge is 2.29. The fraction of sp³-hybridized carbons (Fsp3) is 0.300. The minimum Gasteiger partial charge on any atom is -0.345 e. The third-order valence-corrected chi connectivity index (χ3v) is 6.81. The zero-order valence-corrected chi connectivity index (χ0v) is 20.9. The molecular weight excluding hydrogens is 448 g/mol. The summed E-state index contributed by atoms with van der Waals surface area (Å²) in [6.07, 6.45) is 1.83. The van der Waals surface area contributed by atoms with Gasteiger partial charge in [0.05, 0.1) is 18.5 Å². The van der Waals surface area contributed by atoms with Crippen LogP contribution in [0.2, 0.25) is 0 Å². The second kappa shape index (κ2) is 10.9. The molecule has 184 valence electrons. The van der Waals surface area contributed by atoms with E-state index in [0.717, 1.165) is 41.6 Å². The number of nitrogens with one attached hydrogen (secondary N) is 1. The molecule has 2 unspecified atom stereocenters. The summed E-state index contributed by atoms with van der Waals surface area (Å²) < 4.78 is 5.54. The highest BCUT2D eigenvalue weighted by molar-refractivity contribution is 5.80. The van der Waals surface area contributed by atoms with Gasteiger partial charge < -0.3 is 9.84 Å². The largest absolute Gasteiger partial charge is 0.345 e. The van der Waals surface area contributed by atoms with Crippen LogP contribution < -0.4 is 5.32 Å². The van der Waals surface area contributed by atoms with Gasteiger partial charge >= 0.3 is 0 Å². The van der Waals surface area contributed by atoms with E-state index in [-0.39, 0.29) is 17.9 Å². The summed E-state index contributed by atoms with van der Waals surface area (Å²) in [5, 5.41) is 7.50. The Hall–Kier alpha value is -3.77. The lowest BCUT2D eigenvalue weighted by Crippen LogP contribution is -2.43.